The van der Waals surface area contributed by atoms with Crippen molar-refractivity contribution in [2.45, 2.75) is 81.2 Å². The van der Waals surface area contributed by atoms with Crippen LogP contribution in [-0.4, -0.2) is 64.8 Å². The molecule has 0 radical (unpaired) electrons. The minimum absolute atomic E-state index is 0. The second-order valence-corrected chi connectivity index (χ2v) is 14.4. The Balaban J connectivity index is 0.00000435. The van der Waals surface area contributed by atoms with Gasteiger partial charge in [-0.1, -0.05) is 98.1 Å². The van der Waals surface area contributed by atoms with Gasteiger partial charge >= 0.3 is 65.1 Å². The SMILES string of the molecule is NC(=O)C[C@@H]1NC(=O)C2(CCCCC2)NC(=O)[C@@H](CC(=O)O)[C@@H](c2ccc(C(C(=O)[O-])C(=O)[O-])cc2)/C=C/C[C@@H](Cc2cccc3ccccc23)CNC1=O.[Na+].[Na+]. The molecule has 1 aliphatic heterocycles. The van der Waals surface area contributed by atoms with Gasteiger partial charge in [0.1, 0.15) is 11.6 Å². The maximum Gasteiger partial charge on any atom is 1.00 e. The third-order valence-electron chi connectivity index (χ3n) is 10.6. The number of aliphatic carboxylic acids is 3. The minimum atomic E-state index is -2.07. The Hall–Kier alpha value is -4.05. The van der Waals surface area contributed by atoms with Crippen LogP contribution in [0.2, 0.25) is 0 Å². The molecule has 2 aliphatic rings. The summed E-state index contributed by atoms with van der Waals surface area (Å²) < 4.78 is 0. The molecule has 57 heavy (non-hydrogen) atoms. The fraction of sp³-hybridized carbons (Fsp3) is 0.390. The summed E-state index contributed by atoms with van der Waals surface area (Å²) in [6.45, 7) is 0.117. The Bertz CT molecular complexity index is 1960. The molecule has 6 N–H and O–H groups in total. The summed E-state index contributed by atoms with van der Waals surface area (Å²) in [4.78, 5) is 89.9. The maximum absolute atomic E-state index is 14.4. The first kappa shape index (κ1) is 47.3. The van der Waals surface area contributed by atoms with Crippen molar-refractivity contribution < 1.29 is 108 Å². The van der Waals surface area contributed by atoms with E-state index in [1.807, 2.05) is 42.5 Å². The molecule has 4 amide bonds. The molecule has 14 nitrogen and oxygen atoms in total. The van der Waals surface area contributed by atoms with Crippen molar-refractivity contribution in [3.05, 3.63) is 95.6 Å². The largest absolute Gasteiger partial charge is 1.00 e. The number of fused-ring (bicyclic) bond motifs is 1. The summed E-state index contributed by atoms with van der Waals surface area (Å²) in [6, 6.07) is 17.7. The first-order valence-electron chi connectivity index (χ1n) is 18.3. The van der Waals surface area contributed by atoms with Crippen LogP contribution in [-0.2, 0) is 40.0 Å². The minimum Gasteiger partial charge on any atom is -0.549 e. The number of carbonyl (C=O) groups excluding carboxylic acids is 6. The van der Waals surface area contributed by atoms with E-state index in [1.165, 1.54) is 24.3 Å². The Kier molecular flexibility index (Phi) is 18.0. The molecule has 4 atom stereocenters. The molecule has 1 aliphatic carbocycles. The van der Waals surface area contributed by atoms with Gasteiger partial charge in [0.05, 0.1) is 36.6 Å². The van der Waals surface area contributed by atoms with E-state index in [-0.39, 0.29) is 90.0 Å². The fourth-order valence-electron chi connectivity index (χ4n) is 7.73. The average molecular weight is 799 g/mol. The molecular weight excluding hydrogens is 754 g/mol. The monoisotopic (exact) mass is 798 g/mol. The molecule has 290 valence electrons. The molecule has 1 saturated carbocycles. The number of carboxylic acids is 3. The predicted molar refractivity (Wildman–Crippen MR) is 195 cm³/mol. The van der Waals surface area contributed by atoms with Crippen molar-refractivity contribution in [1.82, 2.24) is 16.0 Å². The van der Waals surface area contributed by atoms with Crippen LogP contribution in [0.4, 0.5) is 0 Å². The van der Waals surface area contributed by atoms with Crippen molar-refractivity contribution in [3.63, 3.8) is 0 Å². The molecule has 0 unspecified atom stereocenters. The molecular formula is C41H44N4Na2O10. The second-order valence-electron chi connectivity index (χ2n) is 14.4. The summed E-state index contributed by atoms with van der Waals surface area (Å²) in [5, 5.41) is 43.7. The Labute approximate surface area is 374 Å². The fourth-order valence-corrected chi connectivity index (χ4v) is 7.73. The second kappa shape index (κ2) is 21.6. The van der Waals surface area contributed by atoms with E-state index in [0.29, 0.717) is 31.2 Å². The number of benzene rings is 3. The Morgan fingerprint density at radius 3 is 2.12 bits per heavy atom. The molecule has 0 saturated heterocycles. The van der Waals surface area contributed by atoms with Gasteiger partial charge in [-0.25, -0.2) is 0 Å². The van der Waals surface area contributed by atoms with Gasteiger partial charge in [-0.2, -0.15) is 0 Å². The predicted octanol–water partition coefficient (Wildman–Crippen LogP) is -5.28. The molecule has 0 aromatic heterocycles. The quantitative estimate of drug-likeness (QED) is 0.0741. The summed E-state index contributed by atoms with van der Waals surface area (Å²) in [5.41, 5.74) is 5.21. The summed E-state index contributed by atoms with van der Waals surface area (Å²) in [7, 11) is 0. The molecule has 5 rings (SSSR count). The normalized spacial score (nSPS) is 21.9. The zero-order chi connectivity index (χ0) is 39.7. The van der Waals surface area contributed by atoms with Crippen molar-refractivity contribution >= 4 is 52.3 Å². The molecule has 1 spiro atoms. The van der Waals surface area contributed by atoms with Gasteiger partial charge in [0, 0.05) is 12.5 Å². The molecule has 3 aromatic carbocycles. The van der Waals surface area contributed by atoms with Gasteiger partial charge in [-0.15, -0.1) is 0 Å². The van der Waals surface area contributed by atoms with Gasteiger partial charge < -0.3 is 46.6 Å². The summed E-state index contributed by atoms with van der Waals surface area (Å²) >= 11 is 0. The van der Waals surface area contributed by atoms with Crippen LogP contribution in [0.5, 0.6) is 0 Å². The van der Waals surface area contributed by atoms with E-state index in [1.54, 1.807) is 12.2 Å². The van der Waals surface area contributed by atoms with Gasteiger partial charge in [0.2, 0.25) is 23.6 Å². The van der Waals surface area contributed by atoms with E-state index in [9.17, 15) is 48.9 Å². The number of nitrogens with one attached hydrogen (secondary N) is 3. The van der Waals surface area contributed by atoms with Gasteiger partial charge in [0.25, 0.3) is 0 Å². The Morgan fingerprint density at radius 2 is 1.49 bits per heavy atom. The van der Waals surface area contributed by atoms with Crippen molar-refractivity contribution in [3.8, 4) is 0 Å². The standard InChI is InChI=1S/C41H46N4O10.2Na/c42-33(46)22-32-37(50)43-23-24(20-28-11-7-10-25-9-2-3-12-29(25)28)8-6-13-30(26-14-16-27(17-15-26)35(38(51)52)39(53)54)31(21-34(47)48)36(49)45-41(40(55)44-32)18-4-1-5-19-41;;/h2-3,6-7,9-17,24,30-32,35H,1,4-5,8,18-23H2,(H2,42,46)(H,43,50)(H,44,55)(H,45,49)(H,47,48)(H,51,52)(H,53,54);;/q;2*+1/p-2/b13-6+;;/t24-,30+,31-,32-;;/m0../s1. The van der Waals surface area contributed by atoms with Crippen LogP contribution in [0.15, 0.2) is 78.9 Å². The molecule has 1 fully saturated rings. The molecule has 3 aromatic rings. The zero-order valence-corrected chi connectivity index (χ0v) is 36.2. The number of carboxylic acid groups (broad SMARTS) is 3. The van der Waals surface area contributed by atoms with Crippen LogP contribution in [0.1, 0.15) is 79.9 Å². The van der Waals surface area contributed by atoms with Crippen LogP contribution in [0.25, 0.3) is 10.8 Å². The van der Waals surface area contributed by atoms with Crippen molar-refractivity contribution in [1.29, 1.82) is 0 Å². The first-order chi connectivity index (χ1) is 26.3. The van der Waals surface area contributed by atoms with Crippen molar-refractivity contribution in [2.24, 2.45) is 17.6 Å². The van der Waals surface area contributed by atoms with E-state index in [4.69, 9.17) is 5.73 Å². The molecule has 1 heterocycles. The number of allylic oxidation sites excluding steroid dienone is 2. The third-order valence-corrected chi connectivity index (χ3v) is 10.6. The summed E-state index contributed by atoms with van der Waals surface area (Å²) in [5.74, 6) is -12.5. The zero-order valence-electron chi connectivity index (χ0n) is 32.2. The summed E-state index contributed by atoms with van der Waals surface area (Å²) in [6.07, 6.45) is 5.34. The van der Waals surface area contributed by atoms with Crippen LogP contribution >= 0.6 is 0 Å². The van der Waals surface area contributed by atoms with Gasteiger partial charge in [-0.05, 0) is 59.1 Å². The van der Waals surface area contributed by atoms with Crippen LogP contribution in [0, 0.1) is 11.8 Å². The number of rotatable bonds is 10. The van der Waals surface area contributed by atoms with E-state index < -0.39 is 83.7 Å². The van der Waals surface area contributed by atoms with Gasteiger partial charge in [-0.3, -0.25) is 24.0 Å². The third kappa shape index (κ3) is 12.2. The number of hydrogen-bond acceptors (Lipinski definition) is 9. The molecule has 0 bridgehead atoms. The number of primary amides is 1. The average Bonchev–Trinajstić information content (AvgIpc) is 3.14. The van der Waals surface area contributed by atoms with E-state index >= 15 is 0 Å². The van der Waals surface area contributed by atoms with Gasteiger partial charge in [0.15, 0.2) is 0 Å². The topological polar surface area (TPSA) is 248 Å². The van der Waals surface area contributed by atoms with E-state index in [2.05, 4.69) is 16.0 Å². The number of nitrogens with two attached hydrogens (primary N) is 1. The number of carbonyl (C=O) groups is 7. The van der Waals surface area contributed by atoms with Crippen LogP contribution in [0.3, 0.4) is 0 Å². The smallest absolute Gasteiger partial charge is 0.549 e. The van der Waals surface area contributed by atoms with Crippen molar-refractivity contribution in [2.75, 3.05) is 6.54 Å². The number of amides is 4. The Morgan fingerprint density at radius 1 is 0.842 bits per heavy atom. The van der Waals surface area contributed by atoms with Crippen LogP contribution < -0.4 is 91.0 Å². The van der Waals surface area contributed by atoms with E-state index in [0.717, 1.165) is 22.8 Å². The first-order valence-corrected chi connectivity index (χ1v) is 18.3. The molecule has 16 heteroatoms. The maximum atomic E-state index is 14.4. The number of hydrogen-bond donors (Lipinski definition) is 5.